The SMILES string of the molecule is CCc1cc(C(=O)N2CCOCC2CC)cc(NC)n1. The number of aryl methyl sites for hydroxylation is 1. The summed E-state index contributed by atoms with van der Waals surface area (Å²) in [6.45, 7) is 6.04. The van der Waals surface area contributed by atoms with Crippen LogP contribution < -0.4 is 5.32 Å². The van der Waals surface area contributed by atoms with Crippen molar-refractivity contribution in [3.05, 3.63) is 23.4 Å². The van der Waals surface area contributed by atoms with Gasteiger partial charge in [-0.1, -0.05) is 13.8 Å². The summed E-state index contributed by atoms with van der Waals surface area (Å²) in [7, 11) is 1.82. The fourth-order valence-electron chi connectivity index (χ4n) is 2.45. The molecule has 0 spiro atoms. The Bertz CT molecular complexity index is 454. The Morgan fingerprint density at radius 3 is 2.95 bits per heavy atom. The fraction of sp³-hybridized carbons (Fsp3) is 0.600. The largest absolute Gasteiger partial charge is 0.377 e. The number of rotatable bonds is 4. The number of carbonyl (C=O) groups is 1. The molecule has 0 radical (unpaired) electrons. The normalized spacial score (nSPS) is 18.9. The lowest BCUT2D eigenvalue weighted by Crippen LogP contribution is -2.48. The second kappa shape index (κ2) is 6.70. The van der Waals surface area contributed by atoms with Crippen molar-refractivity contribution in [3.63, 3.8) is 0 Å². The maximum Gasteiger partial charge on any atom is 0.254 e. The van der Waals surface area contributed by atoms with E-state index in [2.05, 4.69) is 17.2 Å². The first kappa shape index (κ1) is 14.8. The van der Waals surface area contributed by atoms with E-state index in [0.717, 1.165) is 24.4 Å². The minimum absolute atomic E-state index is 0.0775. The number of morpholine rings is 1. The summed E-state index contributed by atoms with van der Waals surface area (Å²) in [5, 5.41) is 3.02. The van der Waals surface area contributed by atoms with Crippen molar-refractivity contribution in [2.75, 3.05) is 32.1 Å². The Morgan fingerprint density at radius 2 is 2.30 bits per heavy atom. The standard InChI is InChI=1S/C15H23N3O2/c1-4-12-8-11(9-14(16-3)17-12)15(19)18-6-7-20-10-13(18)5-2/h8-9,13H,4-7,10H2,1-3H3,(H,16,17). The van der Waals surface area contributed by atoms with Gasteiger partial charge in [-0.3, -0.25) is 4.79 Å². The van der Waals surface area contributed by atoms with E-state index < -0.39 is 0 Å². The van der Waals surface area contributed by atoms with Gasteiger partial charge in [0.15, 0.2) is 0 Å². The van der Waals surface area contributed by atoms with Crippen molar-refractivity contribution in [3.8, 4) is 0 Å². The highest BCUT2D eigenvalue weighted by Crippen LogP contribution is 2.18. The molecule has 1 aliphatic heterocycles. The number of amides is 1. The van der Waals surface area contributed by atoms with Crippen LogP contribution in [0.15, 0.2) is 12.1 Å². The molecular formula is C15H23N3O2. The molecule has 1 fully saturated rings. The fourth-order valence-corrected chi connectivity index (χ4v) is 2.45. The number of aromatic nitrogens is 1. The summed E-state index contributed by atoms with van der Waals surface area (Å²) < 4.78 is 5.46. The average molecular weight is 277 g/mol. The van der Waals surface area contributed by atoms with Crippen LogP contribution in [0, 0.1) is 0 Å². The van der Waals surface area contributed by atoms with E-state index in [1.807, 2.05) is 31.0 Å². The van der Waals surface area contributed by atoms with Gasteiger partial charge in [-0.05, 0) is 25.0 Å². The summed E-state index contributed by atoms with van der Waals surface area (Å²) in [6, 6.07) is 3.89. The van der Waals surface area contributed by atoms with E-state index in [-0.39, 0.29) is 11.9 Å². The molecule has 2 rings (SSSR count). The highest BCUT2D eigenvalue weighted by molar-refractivity contribution is 5.95. The predicted molar refractivity (Wildman–Crippen MR) is 79.1 cm³/mol. The van der Waals surface area contributed by atoms with E-state index in [4.69, 9.17) is 4.74 Å². The second-order valence-corrected chi connectivity index (χ2v) is 4.97. The van der Waals surface area contributed by atoms with Gasteiger partial charge < -0.3 is 15.0 Å². The van der Waals surface area contributed by atoms with Crippen LogP contribution in [0.5, 0.6) is 0 Å². The maximum atomic E-state index is 12.7. The minimum atomic E-state index is 0.0775. The molecule has 0 aliphatic carbocycles. The zero-order valence-corrected chi connectivity index (χ0v) is 12.5. The van der Waals surface area contributed by atoms with E-state index >= 15 is 0 Å². The van der Waals surface area contributed by atoms with Gasteiger partial charge in [0, 0.05) is 24.8 Å². The zero-order chi connectivity index (χ0) is 14.5. The van der Waals surface area contributed by atoms with Crippen LogP contribution in [0.2, 0.25) is 0 Å². The molecule has 0 bridgehead atoms. The molecule has 1 unspecified atom stereocenters. The molecule has 0 aromatic carbocycles. The van der Waals surface area contributed by atoms with Crippen molar-refractivity contribution in [1.82, 2.24) is 9.88 Å². The van der Waals surface area contributed by atoms with Crippen LogP contribution in [0.3, 0.4) is 0 Å². The van der Waals surface area contributed by atoms with Gasteiger partial charge in [-0.2, -0.15) is 0 Å². The quantitative estimate of drug-likeness (QED) is 0.914. The first-order valence-electron chi connectivity index (χ1n) is 7.27. The number of nitrogens with one attached hydrogen (secondary N) is 1. The van der Waals surface area contributed by atoms with Gasteiger partial charge in [0.1, 0.15) is 5.82 Å². The third-order valence-electron chi connectivity index (χ3n) is 3.70. The van der Waals surface area contributed by atoms with E-state index in [9.17, 15) is 4.79 Å². The Balaban J connectivity index is 2.27. The molecule has 1 aromatic rings. The third-order valence-corrected chi connectivity index (χ3v) is 3.70. The first-order valence-corrected chi connectivity index (χ1v) is 7.27. The Morgan fingerprint density at radius 1 is 1.50 bits per heavy atom. The molecule has 5 nitrogen and oxygen atoms in total. The van der Waals surface area contributed by atoms with Gasteiger partial charge in [0.25, 0.3) is 5.91 Å². The number of carbonyl (C=O) groups excluding carboxylic acids is 1. The molecule has 20 heavy (non-hydrogen) atoms. The molecule has 2 heterocycles. The molecule has 1 saturated heterocycles. The Labute approximate surface area is 120 Å². The van der Waals surface area contributed by atoms with Gasteiger partial charge in [0.05, 0.1) is 19.3 Å². The van der Waals surface area contributed by atoms with Crippen molar-refractivity contribution in [2.45, 2.75) is 32.7 Å². The van der Waals surface area contributed by atoms with Crippen molar-refractivity contribution >= 4 is 11.7 Å². The number of ether oxygens (including phenoxy) is 1. The summed E-state index contributed by atoms with van der Waals surface area (Å²) >= 11 is 0. The van der Waals surface area contributed by atoms with Crippen LogP contribution in [0.4, 0.5) is 5.82 Å². The number of hydrogen-bond donors (Lipinski definition) is 1. The van der Waals surface area contributed by atoms with Crippen molar-refractivity contribution < 1.29 is 9.53 Å². The van der Waals surface area contributed by atoms with Crippen LogP contribution in [-0.4, -0.2) is 48.6 Å². The van der Waals surface area contributed by atoms with E-state index in [1.165, 1.54) is 0 Å². The number of anilines is 1. The van der Waals surface area contributed by atoms with Gasteiger partial charge in [-0.15, -0.1) is 0 Å². The zero-order valence-electron chi connectivity index (χ0n) is 12.5. The lowest BCUT2D eigenvalue weighted by Gasteiger charge is -2.35. The number of hydrogen-bond acceptors (Lipinski definition) is 4. The average Bonchev–Trinajstić information content (AvgIpc) is 2.53. The summed E-state index contributed by atoms with van der Waals surface area (Å²) in [5.74, 6) is 0.822. The van der Waals surface area contributed by atoms with Crippen LogP contribution in [0.25, 0.3) is 0 Å². The summed E-state index contributed by atoms with van der Waals surface area (Å²) in [4.78, 5) is 19.1. The lowest BCUT2D eigenvalue weighted by atomic mass is 10.1. The molecule has 1 amide bonds. The summed E-state index contributed by atoms with van der Waals surface area (Å²) in [6.07, 6.45) is 1.73. The molecule has 1 N–H and O–H groups in total. The molecule has 5 heteroatoms. The molecule has 1 aliphatic rings. The lowest BCUT2D eigenvalue weighted by molar-refractivity contribution is -0.00280. The van der Waals surface area contributed by atoms with E-state index in [0.29, 0.717) is 25.3 Å². The maximum absolute atomic E-state index is 12.7. The highest BCUT2D eigenvalue weighted by Gasteiger charge is 2.27. The predicted octanol–water partition coefficient (Wildman–Crippen LogP) is 1.94. The second-order valence-electron chi connectivity index (χ2n) is 4.97. The monoisotopic (exact) mass is 277 g/mol. The number of pyridine rings is 1. The summed E-state index contributed by atoms with van der Waals surface area (Å²) in [5.41, 5.74) is 1.64. The molecule has 0 saturated carbocycles. The van der Waals surface area contributed by atoms with E-state index in [1.54, 1.807) is 0 Å². The Kier molecular flexibility index (Phi) is 4.95. The van der Waals surface area contributed by atoms with Gasteiger partial charge in [0.2, 0.25) is 0 Å². The van der Waals surface area contributed by atoms with Crippen LogP contribution >= 0.6 is 0 Å². The first-order chi connectivity index (χ1) is 9.69. The molecular weight excluding hydrogens is 254 g/mol. The Hall–Kier alpha value is -1.62. The molecule has 1 atom stereocenters. The van der Waals surface area contributed by atoms with Crippen LogP contribution in [-0.2, 0) is 11.2 Å². The molecule has 110 valence electrons. The minimum Gasteiger partial charge on any atom is -0.377 e. The molecule has 1 aromatic heterocycles. The van der Waals surface area contributed by atoms with Crippen LogP contribution in [0.1, 0.15) is 36.3 Å². The third kappa shape index (κ3) is 3.10. The van der Waals surface area contributed by atoms with Gasteiger partial charge in [-0.25, -0.2) is 4.98 Å². The smallest absolute Gasteiger partial charge is 0.254 e. The number of nitrogens with zero attached hydrogens (tertiary/aromatic N) is 2. The van der Waals surface area contributed by atoms with Crippen molar-refractivity contribution in [2.24, 2.45) is 0 Å². The van der Waals surface area contributed by atoms with Gasteiger partial charge >= 0.3 is 0 Å². The highest BCUT2D eigenvalue weighted by atomic mass is 16.5. The van der Waals surface area contributed by atoms with Crippen molar-refractivity contribution in [1.29, 1.82) is 0 Å². The topological polar surface area (TPSA) is 54.5 Å².